The molecule has 1 saturated carbocycles. The molecule has 0 atom stereocenters. The van der Waals surface area contributed by atoms with Crippen LogP contribution in [0.1, 0.15) is 67.8 Å². The van der Waals surface area contributed by atoms with Crippen molar-refractivity contribution in [3.8, 4) is 0 Å². The van der Waals surface area contributed by atoms with Crippen molar-refractivity contribution in [3.05, 3.63) is 35.4 Å². The van der Waals surface area contributed by atoms with Gasteiger partial charge in [-0.2, -0.15) is 0 Å². The lowest BCUT2D eigenvalue weighted by molar-refractivity contribution is -0.130. The summed E-state index contributed by atoms with van der Waals surface area (Å²) in [7, 11) is 0. The summed E-state index contributed by atoms with van der Waals surface area (Å²) in [5, 5.41) is 3.11. The molecule has 26 heavy (non-hydrogen) atoms. The van der Waals surface area contributed by atoms with Gasteiger partial charge in [0.25, 0.3) is 5.91 Å². The molecule has 0 unspecified atom stereocenters. The van der Waals surface area contributed by atoms with Gasteiger partial charge in [0.05, 0.1) is 0 Å². The van der Waals surface area contributed by atoms with Crippen molar-refractivity contribution in [3.63, 3.8) is 0 Å². The van der Waals surface area contributed by atoms with Crippen LogP contribution in [0.3, 0.4) is 0 Å². The fraction of sp³-hybridized carbons (Fsp3) is 0.636. The number of likely N-dealkylation sites (tertiary alicyclic amines) is 1. The molecule has 4 heteroatoms. The monoisotopic (exact) mass is 356 g/mol. The maximum atomic E-state index is 12.3. The smallest absolute Gasteiger partial charge is 0.251 e. The highest BCUT2D eigenvalue weighted by Gasteiger charge is 2.21. The number of hydrogen-bond donors (Lipinski definition) is 1. The zero-order valence-electron chi connectivity index (χ0n) is 16.0. The van der Waals surface area contributed by atoms with Gasteiger partial charge in [0.2, 0.25) is 5.91 Å². The first-order chi connectivity index (χ1) is 12.6. The minimum atomic E-state index is 0.0527. The molecule has 0 spiro atoms. The van der Waals surface area contributed by atoms with E-state index in [4.69, 9.17) is 0 Å². The Bertz CT molecular complexity index is 597. The Morgan fingerprint density at radius 2 is 1.62 bits per heavy atom. The molecule has 2 amide bonds. The predicted molar refractivity (Wildman–Crippen MR) is 104 cm³/mol. The summed E-state index contributed by atoms with van der Waals surface area (Å²) in [5.74, 6) is 1.54. The van der Waals surface area contributed by atoms with E-state index in [-0.39, 0.29) is 11.8 Å². The van der Waals surface area contributed by atoms with Crippen LogP contribution < -0.4 is 5.32 Å². The van der Waals surface area contributed by atoms with E-state index in [1.54, 1.807) is 6.92 Å². The van der Waals surface area contributed by atoms with Crippen LogP contribution in [-0.2, 0) is 11.2 Å². The van der Waals surface area contributed by atoms with Crippen LogP contribution in [0, 0.1) is 11.8 Å². The number of amides is 2. The van der Waals surface area contributed by atoms with Gasteiger partial charge >= 0.3 is 0 Å². The number of rotatable bonds is 5. The molecular weight excluding hydrogens is 324 g/mol. The van der Waals surface area contributed by atoms with E-state index in [1.165, 1.54) is 37.7 Å². The first-order valence-electron chi connectivity index (χ1n) is 10.2. The van der Waals surface area contributed by atoms with Gasteiger partial charge in [0, 0.05) is 32.1 Å². The zero-order valence-corrected chi connectivity index (χ0v) is 16.0. The lowest BCUT2D eigenvalue weighted by atomic mass is 9.89. The Morgan fingerprint density at radius 3 is 2.23 bits per heavy atom. The molecule has 2 aliphatic rings. The largest absolute Gasteiger partial charge is 0.352 e. The highest BCUT2D eigenvalue weighted by molar-refractivity contribution is 5.94. The van der Waals surface area contributed by atoms with E-state index in [0.29, 0.717) is 11.8 Å². The van der Waals surface area contributed by atoms with Crippen LogP contribution in [-0.4, -0.2) is 36.3 Å². The SMILES string of the molecule is CC(=O)N1CCC(Cc2ccc(C(=O)NCC3CCCCC3)cc2)CC1. The normalized spacial score (nSPS) is 19.3. The van der Waals surface area contributed by atoms with Crippen molar-refractivity contribution in [2.45, 2.75) is 58.3 Å². The van der Waals surface area contributed by atoms with E-state index >= 15 is 0 Å². The minimum absolute atomic E-state index is 0.0527. The van der Waals surface area contributed by atoms with Crippen molar-refractivity contribution in [1.29, 1.82) is 0 Å². The van der Waals surface area contributed by atoms with Gasteiger partial charge in [-0.05, 0) is 61.6 Å². The molecule has 1 aromatic rings. The number of carbonyl (C=O) groups is 2. The molecule has 1 N–H and O–H groups in total. The second-order valence-electron chi connectivity index (χ2n) is 8.06. The zero-order chi connectivity index (χ0) is 18.4. The Kier molecular flexibility index (Phi) is 6.70. The summed E-state index contributed by atoms with van der Waals surface area (Å²) in [6.45, 7) is 4.22. The minimum Gasteiger partial charge on any atom is -0.352 e. The van der Waals surface area contributed by atoms with Crippen LogP contribution in [0.15, 0.2) is 24.3 Å². The highest BCUT2D eigenvalue weighted by atomic mass is 16.2. The number of carbonyl (C=O) groups excluding carboxylic acids is 2. The maximum absolute atomic E-state index is 12.3. The van der Waals surface area contributed by atoms with E-state index in [2.05, 4.69) is 17.4 Å². The number of benzene rings is 1. The average Bonchev–Trinajstić information content (AvgIpc) is 2.68. The Morgan fingerprint density at radius 1 is 0.962 bits per heavy atom. The van der Waals surface area contributed by atoms with Crippen LogP contribution in [0.5, 0.6) is 0 Å². The second kappa shape index (κ2) is 9.20. The Labute approximate surface area is 157 Å². The van der Waals surface area contributed by atoms with Gasteiger partial charge in [-0.3, -0.25) is 9.59 Å². The Hall–Kier alpha value is -1.84. The summed E-state index contributed by atoms with van der Waals surface area (Å²) in [6, 6.07) is 8.09. The van der Waals surface area contributed by atoms with Gasteiger partial charge in [-0.25, -0.2) is 0 Å². The summed E-state index contributed by atoms with van der Waals surface area (Å²) in [5.41, 5.74) is 2.05. The predicted octanol–water partition coefficient (Wildman–Crippen LogP) is 3.80. The topological polar surface area (TPSA) is 49.4 Å². The fourth-order valence-corrected chi connectivity index (χ4v) is 4.31. The standard InChI is InChI=1S/C22H32N2O2/c1-17(25)24-13-11-19(12-14-24)15-18-7-9-21(10-8-18)22(26)23-16-20-5-3-2-4-6-20/h7-10,19-20H,2-6,11-16H2,1H3,(H,23,26). The molecule has 1 heterocycles. The summed E-state index contributed by atoms with van der Waals surface area (Å²) in [6.07, 6.45) is 9.65. The quantitative estimate of drug-likeness (QED) is 0.872. The molecule has 1 aliphatic heterocycles. The van der Waals surface area contributed by atoms with Gasteiger partial charge in [-0.1, -0.05) is 31.4 Å². The first kappa shape index (κ1) is 18.9. The molecule has 3 rings (SSSR count). The van der Waals surface area contributed by atoms with Crippen molar-refractivity contribution in [1.82, 2.24) is 10.2 Å². The lowest BCUT2D eigenvalue weighted by Crippen LogP contribution is -2.37. The number of nitrogens with one attached hydrogen (secondary N) is 1. The van der Waals surface area contributed by atoms with E-state index in [9.17, 15) is 9.59 Å². The van der Waals surface area contributed by atoms with Gasteiger partial charge in [0.15, 0.2) is 0 Å². The maximum Gasteiger partial charge on any atom is 0.251 e. The molecule has 1 aromatic carbocycles. The summed E-state index contributed by atoms with van der Waals surface area (Å²) >= 11 is 0. The fourth-order valence-electron chi connectivity index (χ4n) is 4.31. The molecule has 0 radical (unpaired) electrons. The van der Waals surface area contributed by atoms with Crippen molar-refractivity contribution < 1.29 is 9.59 Å². The van der Waals surface area contributed by atoms with Crippen molar-refractivity contribution >= 4 is 11.8 Å². The number of nitrogens with zero attached hydrogens (tertiary/aromatic N) is 1. The highest BCUT2D eigenvalue weighted by Crippen LogP contribution is 2.23. The van der Waals surface area contributed by atoms with E-state index in [0.717, 1.165) is 44.5 Å². The van der Waals surface area contributed by atoms with Crippen LogP contribution >= 0.6 is 0 Å². The molecule has 1 aliphatic carbocycles. The van der Waals surface area contributed by atoms with E-state index in [1.807, 2.05) is 17.0 Å². The van der Waals surface area contributed by atoms with Gasteiger partial charge in [-0.15, -0.1) is 0 Å². The molecule has 0 aromatic heterocycles. The van der Waals surface area contributed by atoms with Gasteiger partial charge in [0.1, 0.15) is 0 Å². The third-order valence-corrected chi connectivity index (χ3v) is 6.08. The summed E-state index contributed by atoms with van der Waals surface area (Å²) in [4.78, 5) is 25.7. The molecule has 0 bridgehead atoms. The molecule has 2 fully saturated rings. The number of hydrogen-bond acceptors (Lipinski definition) is 2. The van der Waals surface area contributed by atoms with Crippen LogP contribution in [0.2, 0.25) is 0 Å². The third kappa shape index (κ3) is 5.33. The first-order valence-corrected chi connectivity index (χ1v) is 10.2. The van der Waals surface area contributed by atoms with Crippen LogP contribution in [0.25, 0.3) is 0 Å². The number of piperidine rings is 1. The molecule has 142 valence electrons. The lowest BCUT2D eigenvalue weighted by Gasteiger charge is -2.31. The van der Waals surface area contributed by atoms with Crippen molar-refractivity contribution in [2.24, 2.45) is 11.8 Å². The second-order valence-corrected chi connectivity index (χ2v) is 8.06. The van der Waals surface area contributed by atoms with Crippen LogP contribution in [0.4, 0.5) is 0 Å². The molecule has 4 nitrogen and oxygen atoms in total. The molecular formula is C22H32N2O2. The summed E-state index contributed by atoms with van der Waals surface area (Å²) < 4.78 is 0. The van der Waals surface area contributed by atoms with Gasteiger partial charge < -0.3 is 10.2 Å². The third-order valence-electron chi connectivity index (χ3n) is 6.08. The molecule has 1 saturated heterocycles. The van der Waals surface area contributed by atoms with E-state index < -0.39 is 0 Å². The Balaban J connectivity index is 1.44. The van der Waals surface area contributed by atoms with Crippen molar-refractivity contribution in [2.75, 3.05) is 19.6 Å². The average molecular weight is 357 g/mol.